The Labute approximate surface area is 124 Å². The third-order valence-electron chi connectivity index (χ3n) is 3.26. The third kappa shape index (κ3) is 3.21. The highest BCUT2D eigenvalue weighted by molar-refractivity contribution is 5.72. The number of nitrogen functional groups attached to an aromatic ring is 1. The minimum atomic E-state index is 0.682. The molecule has 21 heavy (non-hydrogen) atoms. The second-order valence-electron chi connectivity index (χ2n) is 4.81. The van der Waals surface area contributed by atoms with Gasteiger partial charge < -0.3 is 20.5 Å². The molecule has 0 unspecified atom stereocenters. The van der Waals surface area contributed by atoms with Crippen LogP contribution in [0.3, 0.4) is 0 Å². The van der Waals surface area contributed by atoms with Crippen molar-refractivity contribution in [3.05, 3.63) is 23.9 Å². The average molecular weight is 290 g/mol. The molecule has 2 rings (SSSR count). The van der Waals surface area contributed by atoms with E-state index < -0.39 is 0 Å². The number of nitrogens with zero attached hydrogens (tertiary/aromatic N) is 2. The van der Waals surface area contributed by atoms with Crippen LogP contribution in [0.15, 0.2) is 18.2 Å². The van der Waals surface area contributed by atoms with Gasteiger partial charge in [-0.1, -0.05) is 13.3 Å². The lowest BCUT2D eigenvalue weighted by Gasteiger charge is -2.11. The van der Waals surface area contributed by atoms with Crippen molar-refractivity contribution < 1.29 is 9.47 Å². The minimum Gasteiger partial charge on any atom is -0.497 e. The Kier molecular flexibility index (Phi) is 4.57. The fourth-order valence-electron chi connectivity index (χ4n) is 2.18. The van der Waals surface area contributed by atoms with Gasteiger partial charge >= 0.3 is 0 Å². The van der Waals surface area contributed by atoms with E-state index in [1.165, 1.54) is 0 Å². The van der Waals surface area contributed by atoms with Gasteiger partial charge in [-0.2, -0.15) is 5.10 Å². The predicted molar refractivity (Wildman–Crippen MR) is 84.4 cm³/mol. The van der Waals surface area contributed by atoms with E-state index in [4.69, 9.17) is 15.2 Å². The van der Waals surface area contributed by atoms with Crippen LogP contribution in [0.4, 0.5) is 17.2 Å². The molecule has 0 saturated heterocycles. The predicted octanol–water partition coefficient (Wildman–Crippen LogP) is 2.72. The molecule has 0 saturated carbocycles. The molecule has 1 aromatic heterocycles. The number of hydrogen-bond donors (Lipinski definition) is 2. The van der Waals surface area contributed by atoms with Crippen molar-refractivity contribution >= 4 is 17.2 Å². The van der Waals surface area contributed by atoms with Crippen LogP contribution in [-0.2, 0) is 13.5 Å². The normalized spacial score (nSPS) is 10.5. The van der Waals surface area contributed by atoms with Gasteiger partial charge in [-0.05, 0) is 6.42 Å². The first-order chi connectivity index (χ1) is 10.1. The van der Waals surface area contributed by atoms with Gasteiger partial charge in [0.1, 0.15) is 11.5 Å². The lowest BCUT2D eigenvalue weighted by molar-refractivity contribution is 0.395. The van der Waals surface area contributed by atoms with Gasteiger partial charge in [0.25, 0.3) is 0 Å². The van der Waals surface area contributed by atoms with E-state index in [1.54, 1.807) is 18.9 Å². The summed E-state index contributed by atoms with van der Waals surface area (Å²) in [6.07, 6.45) is 1.87. The summed E-state index contributed by atoms with van der Waals surface area (Å²) < 4.78 is 12.3. The Hall–Kier alpha value is -2.37. The number of nitrogens with one attached hydrogen (secondary N) is 1. The molecule has 0 aliphatic carbocycles. The molecule has 0 atom stereocenters. The van der Waals surface area contributed by atoms with Crippen LogP contribution < -0.4 is 20.5 Å². The van der Waals surface area contributed by atoms with Crippen molar-refractivity contribution in [2.24, 2.45) is 7.05 Å². The van der Waals surface area contributed by atoms with Gasteiger partial charge in [0.2, 0.25) is 0 Å². The highest BCUT2D eigenvalue weighted by Gasteiger charge is 2.13. The van der Waals surface area contributed by atoms with Crippen molar-refractivity contribution in [3.8, 4) is 11.5 Å². The summed E-state index contributed by atoms with van der Waals surface area (Å²) in [5.74, 6) is 2.20. The monoisotopic (exact) mass is 290 g/mol. The first-order valence-corrected chi connectivity index (χ1v) is 6.90. The summed E-state index contributed by atoms with van der Waals surface area (Å²) in [5, 5.41) is 7.73. The summed E-state index contributed by atoms with van der Waals surface area (Å²) in [7, 11) is 5.11. The molecule has 0 spiro atoms. The van der Waals surface area contributed by atoms with Crippen LogP contribution in [0, 0.1) is 0 Å². The molecule has 0 fully saturated rings. The maximum atomic E-state index is 6.17. The number of methoxy groups -OCH3 is 2. The van der Waals surface area contributed by atoms with E-state index in [9.17, 15) is 0 Å². The Morgan fingerprint density at radius 2 is 1.81 bits per heavy atom. The second-order valence-corrected chi connectivity index (χ2v) is 4.81. The molecule has 2 aromatic rings. The molecule has 1 aromatic carbocycles. The lowest BCUT2D eigenvalue weighted by Crippen LogP contribution is -2.02. The zero-order valence-electron chi connectivity index (χ0n) is 12.9. The maximum absolute atomic E-state index is 6.17. The Morgan fingerprint density at radius 3 is 2.33 bits per heavy atom. The summed E-state index contributed by atoms with van der Waals surface area (Å²) >= 11 is 0. The average Bonchev–Trinajstić information content (AvgIpc) is 2.75. The van der Waals surface area contributed by atoms with E-state index in [2.05, 4.69) is 17.3 Å². The topological polar surface area (TPSA) is 74.3 Å². The Bertz CT molecular complexity index is 600. The van der Waals surface area contributed by atoms with E-state index in [0.717, 1.165) is 30.0 Å². The molecule has 6 nitrogen and oxygen atoms in total. The number of nitrogens with two attached hydrogens (primary N) is 1. The number of benzene rings is 1. The van der Waals surface area contributed by atoms with Crippen molar-refractivity contribution in [1.82, 2.24) is 9.78 Å². The van der Waals surface area contributed by atoms with Crippen LogP contribution in [0.1, 0.15) is 19.0 Å². The lowest BCUT2D eigenvalue weighted by atomic mass is 10.2. The van der Waals surface area contributed by atoms with E-state index in [-0.39, 0.29) is 0 Å². The molecule has 114 valence electrons. The molecule has 1 heterocycles. The zero-order valence-corrected chi connectivity index (χ0v) is 12.9. The Balaban J connectivity index is 2.33. The van der Waals surface area contributed by atoms with Crippen LogP contribution in [-0.4, -0.2) is 24.0 Å². The zero-order chi connectivity index (χ0) is 15.4. The molecular weight excluding hydrogens is 268 g/mol. The maximum Gasteiger partial charge on any atom is 0.152 e. The molecule has 0 aliphatic heterocycles. The number of anilines is 3. The minimum absolute atomic E-state index is 0.682. The number of aryl methyl sites for hydroxylation is 2. The van der Waals surface area contributed by atoms with Crippen molar-refractivity contribution in [2.75, 3.05) is 25.3 Å². The molecule has 6 heteroatoms. The number of ether oxygens (including phenoxy) is 2. The van der Waals surface area contributed by atoms with Gasteiger partial charge in [0.15, 0.2) is 5.82 Å². The van der Waals surface area contributed by atoms with Gasteiger partial charge in [-0.15, -0.1) is 0 Å². The van der Waals surface area contributed by atoms with Crippen molar-refractivity contribution in [2.45, 2.75) is 19.8 Å². The third-order valence-corrected chi connectivity index (χ3v) is 3.26. The van der Waals surface area contributed by atoms with Gasteiger partial charge in [-0.25, -0.2) is 0 Å². The SMILES string of the molecule is CCCc1nn(C)c(Nc2cc(OC)cc(OC)c2)c1N. The van der Waals surface area contributed by atoms with Crippen LogP contribution in [0.25, 0.3) is 0 Å². The number of hydrogen-bond acceptors (Lipinski definition) is 5. The quantitative estimate of drug-likeness (QED) is 0.855. The summed E-state index contributed by atoms with van der Waals surface area (Å²) in [4.78, 5) is 0. The van der Waals surface area contributed by atoms with E-state index >= 15 is 0 Å². The molecule has 0 bridgehead atoms. The van der Waals surface area contributed by atoms with Gasteiger partial charge in [-0.3, -0.25) is 4.68 Å². The molecule has 0 aliphatic rings. The van der Waals surface area contributed by atoms with Crippen molar-refractivity contribution in [3.63, 3.8) is 0 Å². The number of rotatable bonds is 6. The molecular formula is C15H22N4O2. The summed E-state index contributed by atoms with van der Waals surface area (Å²) in [6.45, 7) is 2.11. The fraction of sp³-hybridized carbons (Fsp3) is 0.400. The number of aromatic nitrogens is 2. The van der Waals surface area contributed by atoms with Gasteiger partial charge in [0.05, 0.1) is 25.6 Å². The van der Waals surface area contributed by atoms with Crippen LogP contribution in [0.5, 0.6) is 11.5 Å². The van der Waals surface area contributed by atoms with Gasteiger partial charge in [0, 0.05) is 30.9 Å². The second kappa shape index (κ2) is 6.39. The summed E-state index contributed by atoms with van der Waals surface area (Å²) in [6, 6.07) is 5.59. The van der Waals surface area contributed by atoms with E-state index in [0.29, 0.717) is 17.2 Å². The molecule has 3 N–H and O–H groups in total. The van der Waals surface area contributed by atoms with E-state index in [1.807, 2.05) is 25.2 Å². The smallest absolute Gasteiger partial charge is 0.152 e. The highest BCUT2D eigenvalue weighted by Crippen LogP contribution is 2.31. The molecule has 0 amide bonds. The van der Waals surface area contributed by atoms with Crippen molar-refractivity contribution in [1.29, 1.82) is 0 Å². The Morgan fingerprint density at radius 1 is 1.19 bits per heavy atom. The molecule has 0 radical (unpaired) electrons. The standard InChI is InChI=1S/C15H22N4O2/c1-5-6-13-14(16)15(19(2)18-13)17-10-7-11(20-3)9-12(8-10)21-4/h7-9,17H,5-6,16H2,1-4H3. The fourth-order valence-corrected chi connectivity index (χ4v) is 2.18. The first kappa shape index (κ1) is 15.0. The largest absolute Gasteiger partial charge is 0.497 e. The van der Waals surface area contributed by atoms with Crippen LogP contribution >= 0.6 is 0 Å². The van der Waals surface area contributed by atoms with Crippen LogP contribution in [0.2, 0.25) is 0 Å². The summed E-state index contributed by atoms with van der Waals surface area (Å²) in [5.41, 5.74) is 8.60. The first-order valence-electron chi connectivity index (χ1n) is 6.90. The highest BCUT2D eigenvalue weighted by atomic mass is 16.5.